The van der Waals surface area contributed by atoms with Gasteiger partial charge >= 0.3 is 0 Å². The van der Waals surface area contributed by atoms with Crippen LogP contribution >= 0.6 is 23.2 Å². The Bertz CT molecular complexity index is 1710. The monoisotopic (exact) mass is 639 g/mol. The first-order valence-electron chi connectivity index (χ1n) is 14.1. The summed E-state index contributed by atoms with van der Waals surface area (Å²) in [6.07, 6.45) is 1.90. The van der Waals surface area contributed by atoms with Gasteiger partial charge in [0.2, 0.25) is 5.91 Å². The highest BCUT2D eigenvalue weighted by Crippen LogP contribution is 2.58. The van der Waals surface area contributed by atoms with E-state index in [9.17, 15) is 25.3 Å². The molecule has 1 aliphatic carbocycles. The van der Waals surface area contributed by atoms with Crippen molar-refractivity contribution < 1.29 is 24.0 Å². The van der Waals surface area contributed by atoms with E-state index in [2.05, 4.69) is 10.6 Å². The number of carbonyl (C=O) groups excluding carboxylic acids is 1. The molecule has 13 heteroatoms. The van der Waals surface area contributed by atoms with Crippen LogP contribution in [0.3, 0.4) is 0 Å². The summed E-state index contributed by atoms with van der Waals surface area (Å²) in [6, 6.07) is 12.7. The SMILES string of the molecule is COc1cc([N+](=O)[O-])c(CN[C@@H]2[C@H](CO)N(CC3CC3)[C@@]3(C(=O)Nc4cc(Cl)ccc43)[C@H]2c2cccc(Cl)c2F)cc1C#N. The predicted octanol–water partition coefficient (Wildman–Crippen LogP) is 5.10. The molecule has 6 rings (SSSR count). The fraction of sp³-hybridized carbons (Fsp3) is 0.355. The number of ether oxygens (including phenoxy) is 1. The molecule has 2 fully saturated rings. The van der Waals surface area contributed by atoms with E-state index in [0.717, 1.165) is 12.8 Å². The Morgan fingerprint density at radius 2 is 2.05 bits per heavy atom. The minimum absolute atomic E-state index is 0.0587. The van der Waals surface area contributed by atoms with Gasteiger partial charge in [0.05, 0.1) is 41.3 Å². The standard InChI is InChI=1S/C31H28Cl2FN5O5/c1-44-26-11-24(39(42)43)18(9-17(26)12-35)13-36-29-25(15-40)38(14-16-5-6-16)31(27(29)20-3-2-4-22(33)28(20)34)21-8-7-19(32)10-23(21)37-30(31)41/h2-4,7-11,16,25,27,29,36,40H,5-6,13-15H2,1H3,(H,37,41)/t25-,27-,29+,31+/m0/s1. The second-order valence-electron chi connectivity index (χ2n) is 11.3. The Hall–Kier alpha value is -3.79. The van der Waals surface area contributed by atoms with Gasteiger partial charge in [0.25, 0.3) is 5.69 Å². The first-order chi connectivity index (χ1) is 21.1. The van der Waals surface area contributed by atoms with Crippen molar-refractivity contribution in [1.82, 2.24) is 10.2 Å². The second kappa shape index (κ2) is 11.6. The average molecular weight is 640 g/mol. The van der Waals surface area contributed by atoms with Crippen molar-refractivity contribution in [3.05, 3.63) is 96.8 Å². The number of nitrogens with one attached hydrogen (secondary N) is 2. The van der Waals surface area contributed by atoms with E-state index in [1.165, 1.54) is 25.3 Å². The van der Waals surface area contributed by atoms with E-state index < -0.39 is 46.8 Å². The third kappa shape index (κ3) is 4.78. The minimum Gasteiger partial charge on any atom is -0.495 e. The number of anilines is 1. The lowest BCUT2D eigenvalue weighted by Crippen LogP contribution is -2.53. The summed E-state index contributed by atoms with van der Waals surface area (Å²) in [6.45, 7) is -0.0642. The fourth-order valence-corrected chi connectivity index (χ4v) is 7.27. The van der Waals surface area contributed by atoms with E-state index in [-0.39, 0.29) is 45.6 Å². The van der Waals surface area contributed by atoms with Crippen molar-refractivity contribution in [1.29, 1.82) is 5.26 Å². The highest BCUT2D eigenvalue weighted by Gasteiger charge is 2.67. The smallest absolute Gasteiger partial charge is 0.277 e. The van der Waals surface area contributed by atoms with Crippen LogP contribution in [0.5, 0.6) is 5.75 Å². The first kappa shape index (κ1) is 30.2. The summed E-state index contributed by atoms with van der Waals surface area (Å²) in [4.78, 5) is 27.7. The molecule has 1 amide bonds. The molecule has 1 spiro atoms. The van der Waals surface area contributed by atoms with Crippen molar-refractivity contribution in [2.45, 2.75) is 42.9 Å². The molecule has 2 aliphatic heterocycles. The molecule has 2 heterocycles. The Morgan fingerprint density at radius 3 is 2.70 bits per heavy atom. The zero-order valence-electron chi connectivity index (χ0n) is 23.5. The highest BCUT2D eigenvalue weighted by atomic mass is 35.5. The lowest BCUT2D eigenvalue weighted by molar-refractivity contribution is -0.385. The molecule has 1 saturated carbocycles. The number of amides is 1. The number of nitro benzene ring substituents is 1. The lowest BCUT2D eigenvalue weighted by Gasteiger charge is -2.39. The van der Waals surface area contributed by atoms with Gasteiger partial charge in [-0.2, -0.15) is 5.26 Å². The fourth-order valence-electron chi connectivity index (χ4n) is 6.91. The molecule has 0 bridgehead atoms. The molecule has 0 radical (unpaired) electrons. The van der Waals surface area contributed by atoms with Gasteiger partial charge < -0.3 is 20.5 Å². The minimum atomic E-state index is -1.47. The summed E-state index contributed by atoms with van der Waals surface area (Å²) in [5, 5.41) is 39.2. The zero-order valence-corrected chi connectivity index (χ0v) is 25.0. The zero-order chi connectivity index (χ0) is 31.3. The van der Waals surface area contributed by atoms with Crippen molar-refractivity contribution in [3.63, 3.8) is 0 Å². The molecule has 3 N–H and O–H groups in total. The molecule has 4 atom stereocenters. The van der Waals surface area contributed by atoms with Crippen molar-refractivity contribution in [2.24, 2.45) is 5.92 Å². The van der Waals surface area contributed by atoms with Crippen LogP contribution in [0.1, 0.15) is 41.0 Å². The molecule has 10 nitrogen and oxygen atoms in total. The highest BCUT2D eigenvalue weighted by molar-refractivity contribution is 6.31. The van der Waals surface area contributed by atoms with Gasteiger partial charge in [0.1, 0.15) is 23.2 Å². The number of halogens is 3. The number of nitrogens with zero attached hydrogens (tertiary/aromatic N) is 3. The molecule has 1 saturated heterocycles. The van der Waals surface area contributed by atoms with E-state index in [0.29, 0.717) is 22.8 Å². The van der Waals surface area contributed by atoms with Gasteiger partial charge in [-0.1, -0.05) is 41.4 Å². The molecule has 44 heavy (non-hydrogen) atoms. The van der Waals surface area contributed by atoms with Crippen molar-refractivity contribution in [2.75, 3.05) is 25.6 Å². The van der Waals surface area contributed by atoms with Gasteiger partial charge in [0, 0.05) is 46.9 Å². The molecule has 228 valence electrons. The molecule has 3 aliphatic rings. The van der Waals surface area contributed by atoms with Gasteiger partial charge in [-0.05, 0) is 48.6 Å². The number of nitro groups is 1. The topological polar surface area (TPSA) is 141 Å². The number of methoxy groups -OCH3 is 1. The van der Waals surface area contributed by atoms with Crippen LogP contribution in [0.4, 0.5) is 15.8 Å². The van der Waals surface area contributed by atoms with Gasteiger partial charge in [-0.15, -0.1) is 0 Å². The van der Waals surface area contributed by atoms with E-state index in [1.807, 2.05) is 11.0 Å². The molecule has 0 aromatic heterocycles. The normalized spacial score (nSPS) is 24.3. The second-order valence-corrected chi connectivity index (χ2v) is 12.2. The molecular weight excluding hydrogens is 612 g/mol. The van der Waals surface area contributed by atoms with E-state index in [4.69, 9.17) is 27.9 Å². The Balaban J connectivity index is 1.54. The van der Waals surface area contributed by atoms with E-state index >= 15 is 4.39 Å². The predicted molar refractivity (Wildman–Crippen MR) is 161 cm³/mol. The number of carbonyl (C=O) groups is 1. The van der Waals surface area contributed by atoms with Crippen molar-refractivity contribution >= 4 is 40.5 Å². The molecule has 3 aromatic carbocycles. The van der Waals surface area contributed by atoms with Gasteiger partial charge in [-0.3, -0.25) is 19.8 Å². The molecule has 0 unspecified atom stereocenters. The average Bonchev–Trinajstić information content (AvgIpc) is 3.73. The maximum atomic E-state index is 16.0. The number of fused-ring (bicyclic) bond motifs is 2. The summed E-state index contributed by atoms with van der Waals surface area (Å²) in [5.41, 5.74) is -0.230. The number of hydrogen-bond donors (Lipinski definition) is 3. The van der Waals surface area contributed by atoms with Gasteiger partial charge in [0.15, 0.2) is 0 Å². The summed E-state index contributed by atoms with van der Waals surface area (Å²) in [7, 11) is 1.32. The number of nitriles is 1. The maximum Gasteiger partial charge on any atom is 0.277 e. The lowest BCUT2D eigenvalue weighted by atomic mass is 9.73. The van der Waals surface area contributed by atoms with E-state index in [1.54, 1.807) is 30.3 Å². The maximum absolute atomic E-state index is 16.0. The summed E-state index contributed by atoms with van der Waals surface area (Å²) < 4.78 is 21.2. The van der Waals surface area contributed by atoms with Crippen LogP contribution in [0.25, 0.3) is 0 Å². The third-order valence-electron chi connectivity index (χ3n) is 8.97. The van der Waals surface area contributed by atoms with Crippen LogP contribution in [0, 0.1) is 33.2 Å². The summed E-state index contributed by atoms with van der Waals surface area (Å²) in [5.74, 6) is -1.71. The van der Waals surface area contributed by atoms with Crippen LogP contribution in [0.15, 0.2) is 48.5 Å². The van der Waals surface area contributed by atoms with Gasteiger partial charge in [-0.25, -0.2) is 4.39 Å². The number of benzene rings is 3. The Kier molecular flexibility index (Phi) is 7.98. The number of rotatable bonds is 9. The van der Waals surface area contributed by atoms with Crippen LogP contribution in [0.2, 0.25) is 10.0 Å². The largest absolute Gasteiger partial charge is 0.495 e. The summed E-state index contributed by atoms with van der Waals surface area (Å²) >= 11 is 12.6. The third-order valence-corrected chi connectivity index (χ3v) is 9.49. The Labute approximate surface area is 262 Å². The number of aliphatic hydroxyl groups is 1. The Morgan fingerprint density at radius 1 is 1.27 bits per heavy atom. The number of hydrogen-bond acceptors (Lipinski definition) is 8. The number of likely N-dealkylation sites (tertiary alicyclic amines) is 1. The quantitative estimate of drug-likeness (QED) is 0.217. The van der Waals surface area contributed by atoms with Crippen molar-refractivity contribution in [3.8, 4) is 11.8 Å². The molecular formula is C31H28Cl2FN5O5. The van der Waals surface area contributed by atoms with Crippen LogP contribution in [-0.2, 0) is 16.9 Å². The first-order valence-corrected chi connectivity index (χ1v) is 14.8. The van der Waals surface area contributed by atoms with Crippen LogP contribution in [-0.4, -0.2) is 53.2 Å². The number of aliphatic hydroxyl groups excluding tert-OH is 1. The van der Waals surface area contributed by atoms with Crippen LogP contribution < -0.4 is 15.4 Å². The molecule has 3 aromatic rings.